The molecule has 0 aromatic heterocycles. The normalized spacial score (nSPS) is 23.6. The molecule has 17 heavy (non-hydrogen) atoms. The molecule has 1 aromatic rings. The molecule has 1 unspecified atom stereocenters. The van der Waals surface area contributed by atoms with E-state index >= 15 is 0 Å². The number of hydrogen-bond donors (Lipinski definition) is 0. The maximum atomic E-state index is 12.3. The van der Waals surface area contributed by atoms with Crippen LogP contribution in [0.3, 0.4) is 0 Å². The molecule has 5 heteroatoms. The van der Waals surface area contributed by atoms with Crippen LogP contribution in [0.4, 0.5) is 5.69 Å². The van der Waals surface area contributed by atoms with Crippen molar-refractivity contribution in [3.63, 3.8) is 0 Å². The lowest BCUT2D eigenvalue weighted by Crippen LogP contribution is -2.37. The molecular formula is C12H13N4O. The lowest BCUT2D eigenvalue weighted by molar-refractivity contribution is -0.121. The summed E-state index contributed by atoms with van der Waals surface area (Å²) in [5.74, 6) is -0.156. The van der Waals surface area contributed by atoms with Crippen molar-refractivity contribution in [1.82, 2.24) is 0 Å². The van der Waals surface area contributed by atoms with Crippen molar-refractivity contribution in [2.75, 3.05) is 11.4 Å². The van der Waals surface area contributed by atoms with Gasteiger partial charge in [0.05, 0.1) is 0 Å². The van der Waals surface area contributed by atoms with E-state index in [9.17, 15) is 4.79 Å². The molecule has 1 heterocycles. The van der Waals surface area contributed by atoms with Gasteiger partial charge in [-0.15, -0.1) is 0 Å². The smallest absolute Gasteiger partial charge is 0.239 e. The van der Waals surface area contributed by atoms with Crippen LogP contribution in [-0.4, -0.2) is 18.0 Å². The highest BCUT2D eigenvalue weighted by Crippen LogP contribution is 2.33. The van der Waals surface area contributed by atoms with Crippen LogP contribution >= 0.6 is 0 Å². The Balaban J connectivity index is 2.32. The van der Waals surface area contributed by atoms with Crippen LogP contribution in [0, 0.1) is 6.92 Å². The maximum Gasteiger partial charge on any atom is 0.239 e. The molecule has 1 radical (unpaired) electrons. The average molecular weight is 229 g/mol. The van der Waals surface area contributed by atoms with Gasteiger partial charge in [0.15, 0.2) is 0 Å². The summed E-state index contributed by atoms with van der Waals surface area (Å²) in [6.45, 7) is 4.29. The van der Waals surface area contributed by atoms with Crippen LogP contribution in [0.2, 0.25) is 0 Å². The molecule has 0 saturated carbocycles. The molecule has 1 aliphatic rings. The van der Waals surface area contributed by atoms with E-state index in [0.717, 1.165) is 5.69 Å². The van der Waals surface area contributed by atoms with E-state index in [4.69, 9.17) is 5.53 Å². The van der Waals surface area contributed by atoms with Crippen molar-refractivity contribution in [3.8, 4) is 0 Å². The summed E-state index contributed by atoms with van der Waals surface area (Å²) < 4.78 is 0. The molecule has 1 amide bonds. The molecule has 1 fully saturated rings. The lowest BCUT2D eigenvalue weighted by atomic mass is 9.96. The second-order valence-corrected chi connectivity index (χ2v) is 4.01. The molecule has 0 bridgehead atoms. The average Bonchev–Trinajstić information content (AvgIpc) is 2.69. The van der Waals surface area contributed by atoms with Crippen LogP contribution in [0.15, 0.2) is 35.4 Å². The zero-order chi connectivity index (χ0) is 12.3. The van der Waals surface area contributed by atoms with E-state index in [1.54, 1.807) is 4.90 Å². The Morgan fingerprint density at radius 3 is 2.76 bits per heavy atom. The molecule has 2 rings (SSSR count). The van der Waals surface area contributed by atoms with E-state index in [2.05, 4.69) is 16.9 Å². The highest BCUT2D eigenvalue weighted by Gasteiger charge is 2.45. The van der Waals surface area contributed by atoms with E-state index in [1.807, 2.05) is 30.3 Å². The molecule has 5 nitrogen and oxygen atoms in total. The fourth-order valence-corrected chi connectivity index (χ4v) is 2.07. The molecule has 0 aliphatic carbocycles. The Bertz CT molecular complexity index is 467. The van der Waals surface area contributed by atoms with Gasteiger partial charge in [-0.3, -0.25) is 4.79 Å². The van der Waals surface area contributed by atoms with Crippen molar-refractivity contribution in [3.05, 3.63) is 47.7 Å². The topological polar surface area (TPSA) is 69.1 Å². The Kier molecular flexibility index (Phi) is 3.02. The zero-order valence-electron chi connectivity index (χ0n) is 9.41. The maximum absolute atomic E-state index is 12.3. The van der Waals surface area contributed by atoms with Crippen molar-refractivity contribution >= 4 is 11.6 Å². The Morgan fingerprint density at radius 2 is 2.18 bits per heavy atom. The fourth-order valence-electron chi connectivity index (χ4n) is 2.07. The zero-order valence-corrected chi connectivity index (χ0v) is 9.41. The predicted molar refractivity (Wildman–Crippen MR) is 65.3 cm³/mol. The number of hydrogen-bond acceptors (Lipinski definition) is 2. The van der Waals surface area contributed by atoms with Crippen molar-refractivity contribution < 1.29 is 4.79 Å². The summed E-state index contributed by atoms with van der Waals surface area (Å²) in [7, 11) is 0. The van der Waals surface area contributed by atoms with Crippen LogP contribution in [0.25, 0.3) is 10.4 Å². The minimum Gasteiger partial charge on any atom is -0.312 e. The largest absolute Gasteiger partial charge is 0.312 e. The first-order valence-electron chi connectivity index (χ1n) is 5.46. The van der Waals surface area contributed by atoms with Gasteiger partial charge in [0, 0.05) is 17.1 Å². The van der Waals surface area contributed by atoms with Gasteiger partial charge in [-0.1, -0.05) is 30.2 Å². The van der Waals surface area contributed by atoms with Crippen LogP contribution < -0.4 is 4.90 Å². The molecule has 0 spiro atoms. The lowest BCUT2D eigenvalue weighted by Gasteiger charge is -2.21. The van der Waals surface area contributed by atoms with Gasteiger partial charge in [0.25, 0.3) is 0 Å². The number of rotatable bonds is 3. The molecule has 1 aromatic carbocycles. The monoisotopic (exact) mass is 229 g/mol. The van der Waals surface area contributed by atoms with Gasteiger partial charge in [-0.05, 0) is 30.5 Å². The van der Waals surface area contributed by atoms with Crippen molar-refractivity contribution in [1.29, 1.82) is 0 Å². The van der Waals surface area contributed by atoms with Gasteiger partial charge in [-0.25, -0.2) is 0 Å². The number of carbonyl (C=O) groups excluding carboxylic acids is 1. The standard InChI is InChI=1S/C12H13N4O/c1-2-12(14-15-13)8-9-16(11(12)17)10-6-4-3-5-7-10/h3-7H,1-2,8-9H2. The number of para-hydroxylation sites is 1. The van der Waals surface area contributed by atoms with Gasteiger partial charge in [0.2, 0.25) is 5.91 Å². The van der Waals surface area contributed by atoms with Gasteiger partial charge in [-0.2, -0.15) is 0 Å². The SMILES string of the molecule is [CH2]CC1(N=[N+]=[N-])CCN(c2ccccc2)C1=O. The number of nitrogens with zero attached hydrogens (tertiary/aromatic N) is 4. The number of amides is 1. The summed E-state index contributed by atoms with van der Waals surface area (Å²) in [5, 5.41) is 3.66. The highest BCUT2D eigenvalue weighted by molar-refractivity contribution is 6.02. The van der Waals surface area contributed by atoms with Crippen LogP contribution in [0.1, 0.15) is 12.8 Å². The first-order chi connectivity index (χ1) is 8.23. The first kappa shape index (κ1) is 11.5. The molecule has 0 N–H and O–H groups in total. The van der Waals surface area contributed by atoms with Crippen molar-refractivity contribution in [2.24, 2.45) is 5.11 Å². The van der Waals surface area contributed by atoms with E-state index < -0.39 is 5.54 Å². The summed E-state index contributed by atoms with van der Waals surface area (Å²) in [4.78, 5) is 16.7. The Morgan fingerprint density at radius 1 is 1.47 bits per heavy atom. The van der Waals surface area contributed by atoms with Gasteiger partial charge >= 0.3 is 0 Å². The second kappa shape index (κ2) is 4.47. The van der Waals surface area contributed by atoms with Gasteiger partial charge < -0.3 is 4.90 Å². The summed E-state index contributed by atoms with van der Waals surface area (Å²) in [5.41, 5.74) is 8.40. The number of anilines is 1. The summed E-state index contributed by atoms with van der Waals surface area (Å²) in [6, 6.07) is 9.38. The molecular weight excluding hydrogens is 216 g/mol. The van der Waals surface area contributed by atoms with Crippen molar-refractivity contribution in [2.45, 2.75) is 18.4 Å². The van der Waals surface area contributed by atoms with Crippen LogP contribution in [-0.2, 0) is 4.79 Å². The highest BCUT2D eigenvalue weighted by atomic mass is 16.2. The minimum atomic E-state index is -0.995. The van der Waals surface area contributed by atoms with E-state index in [0.29, 0.717) is 19.4 Å². The number of azide groups is 1. The first-order valence-corrected chi connectivity index (χ1v) is 5.46. The summed E-state index contributed by atoms with van der Waals surface area (Å²) in [6.07, 6.45) is 0.813. The second-order valence-electron chi connectivity index (χ2n) is 4.01. The third kappa shape index (κ3) is 1.85. The molecule has 1 saturated heterocycles. The Hall–Kier alpha value is -2.00. The predicted octanol–water partition coefficient (Wildman–Crippen LogP) is 2.70. The van der Waals surface area contributed by atoms with E-state index in [1.165, 1.54) is 0 Å². The molecule has 1 atom stereocenters. The third-order valence-electron chi connectivity index (χ3n) is 3.11. The van der Waals surface area contributed by atoms with Gasteiger partial charge in [0.1, 0.15) is 5.54 Å². The molecule has 87 valence electrons. The van der Waals surface area contributed by atoms with E-state index in [-0.39, 0.29) is 5.91 Å². The fraction of sp³-hybridized carbons (Fsp3) is 0.333. The number of benzene rings is 1. The quantitative estimate of drug-likeness (QED) is 0.446. The minimum absolute atomic E-state index is 0.156. The van der Waals surface area contributed by atoms with Crippen LogP contribution in [0.5, 0.6) is 0 Å². The summed E-state index contributed by atoms with van der Waals surface area (Å²) >= 11 is 0. The molecule has 1 aliphatic heterocycles. The third-order valence-corrected chi connectivity index (χ3v) is 3.11. The Labute approximate surface area is 99.7 Å². The number of carbonyl (C=O) groups is 1.